The van der Waals surface area contributed by atoms with Gasteiger partial charge in [0, 0.05) is 12.3 Å². The van der Waals surface area contributed by atoms with E-state index in [1.165, 1.54) is 0 Å². The number of alkyl halides is 1. The molecule has 2 aliphatic heterocycles. The zero-order chi connectivity index (χ0) is 26.7. The van der Waals surface area contributed by atoms with Crippen molar-refractivity contribution in [3.8, 4) is 0 Å². The van der Waals surface area contributed by atoms with Crippen molar-refractivity contribution in [3.63, 3.8) is 0 Å². The summed E-state index contributed by atoms with van der Waals surface area (Å²) in [7, 11) is 0. The number of ether oxygens (including phenoxy) is 5. The molecule has 37 heavy (non-hydrogen) atoms. The van der Waals surface area contributed by atoms with E-state index in [9.17, 15) is 24.0 Å². The van der Waals surface area contributed by atoms with Crippen molar-refractivity contribution in [1.82, 2.24) is 9.13 Å². The Kier molecular flexibility index (Phi) is 8.00. The molecule has 1 aromatic rings. The molecule has 3 fully saturated rings. The molecule has 3 heterocycles. The van der Waals surface area contributed by atoms with Gasteiger partial charge in [0.05, 0.1) is 11.8 Å². The Morgan fingerprint density at radius 2 is 1.81 bits per heavy atom. The number of nitrogens with zero attached hydrogens (tertiary/aromatic N) is 2. The minimum absolute atomic E-state index is 0.346. The van der Waals surface area contributed by atoms with Crippen LogP contribution in [0.5, 0.6) is 0 Å². The summed E-state index contributed by atoms with van der Waals surface area (Å²) in [5, 5.41) is 0. The molecule has 4 rings (SSSR count). The maximum absolute atomic E-state index is 15.9. The van der Waals surface area contributed by atoms with Crippen molar-refractivity contribution in [1.29, 1.82) is 0 Å². The molecule has 3 aliphatic rings. The van der Waals surface area contributed by atoms with E-state index in [4.69, 9.17) is 23.7 Å². The lowest BCUT2D eigenvalue weighted by Crippen LogP contribution is -2.43. The number of esters is 2. The second-order valence-electron chi connectivity index (χ2n) is 9.49. The zero-order valence-electron chi connectivity index (χ0n) is 20.8. The highest BCUT2D eigenvalue weighted by Crippen LogP contribution is 2.45. The van der Waals surface area contributed by atoms with Gasteiger partial charge >= 0.3 is 23.8 Å². The van der Waals surface area contributed by atoms with Gasteiger partial charge in [0.25, 0.3) is 11.4 Å². The molecule has 0 N–H and O–H groups in total. The number of hydrogen-bond acceptors (Lipinski definition) is 10. The van der Waals surface area contributed by atoms with Crippen LogP contribution in [0, 0.1) is 11.8 Å². The lowest BCUT2D eigenvalue weighted by Gasteiger charge is -2.25. The predicted molar refractivity (Wildman–Crippen MR) is 122 cm³/mol. The molecular weight excluding hydrogens is 495 g/mol. The van der Waals surface area contributed by atoms with Crippen LogP contribution < -0.4 is 11.2 Å². The fourth-order valence-electron chi connectivity index (χ4n) is 4.92. The van der Waals surface area contributed by atoms with Gasteiger partial charge in [0.1, 0.15) is 0 Å². The third kappa shape index (κ3) is 5.41. The SMILES string of the molecule is CCC(CC)C(=O)OCn1c(=O)ccn([C@@H]2O[C@](F)(COC(=O)C3CCCCC3)[C@H]3OC(=O)O[C@@H]23)c1=O. The number of carbonyl (C=O) groups is 3. The molecule has 1 aromatic heterocycles. The summed E-state index contributed by atoms with van der Waals surface area (Å²) < 4.78 is 43.2. The summed E-state index contributed by atoms with van der Waals surface area (Å²) >= 11 is 0. The minimum Gasteiger partial charge on any atom is -0.459 e. The molecule has 2 saturated heterocycles. The quantitative estimate of drug-likeness (QED) is 0.347. The first kappa shape index (κ1) is 26.8. The fourth-order valence-corrected chi connectivity index (χ4v) is 4.92. The van der Waals surface area contributed by atoms with Crippen molar-refractivity contribution in [2.45, 2.75) is 89.8 Å². The van der Waals surface area contributed by atoms with E-state index in [1.807, 2.05) is 13.8 Å². The van der Waals surface area contributed by atoms with Gasteiger partial charge < -0.3 is 23.7 Å². The van der Waals surface area contributed by atoms with Crippen molar-refractivity contribution in [2.24, 2.45) is 11.8 Å². The summed E-state index contributed by atoms with van der Waals surface area (Å²) in [5.74, 6) is -4.67. The fraction of sp³-hybridized carbons (Fsp3) is 0.708. The normalized spacial score (nSPS) is 27.5. The van der Waals surface area contributed by atoms with Gasteiger partial charge in [-0.05, 0) is 25.7 Å². The molecule has 0 amide bonds. The topological polar surface area (TPSA) is 141 Å². The third-order valence-electron chi connectivity index (χ3n) is 7.15. The van der Waals surface area contributed by atoms with Gasteiger partial charge in [-0.3, -0.25) is 19.0 Å². The highest BCUT2D eigenvalue weighted by Gasteiger charge is 2.65. The first-order valence-electron chi connectivity index (χ1n) is 12.6. The lowest BCUT2D eigenvalue weighted by atomic mass is 9.89. The molecule has 204 valence electrons. The van der Waals surface area contributed by atoms with Crippen LogP contribution in [-0.2, 0) is 40.0 Å². The van der Waals surface area contributed by atoms with E-state index < -0.39 is 67.0 Å². The highest BCUT2D eigenvalue weighted by molar-refractivity contribution is 5.72. The van der Waals surface area contributed by atoms with E-state index >= 15 is 4.39 Å². The Morgan fingerprint density at radius 1 is 1.11 bits per heavy atom. The molecule has 13 heteroatoms. The molecule has 0 aromatic carbocycles. The Morgan fingerprint density at radius 3 is 2.49 bits per heavy atom. The van der Waals surface area contributed by atoms with Crippen LogP contribution in [0.1, 0.15) is 65.0 Å². The second kappa shape index (κ2) is 11.0. The van der Waals surface area contributed by atoms with E-state index in [2.05, 4.69) is 0 Å². The molecule has 0 unspecified atom stereocenters. The number of halogens is 1. The van der Waals surface area contributed by atoms with E-state index in [1.54, 1.807) is 0 Å². The molecule has 1 saturated carbocycles. The number of fused-ring (bicyclic) bond motifs is 1. The van der Waals surface area contributed by atoms with E-state index in [-0.39, 0.29) is 11.8 Å². The number of hydrogen-bond donors (Lipinski definition) is 0. The lowest BCUT2D eigenvalue weighted by molar-refractivity contribution is -0.221. The molecule has 0 bridgehead atoms. The number of aromatic nitrogens is 2. The summed E-state index contributed by atoms with van der Waals surface area (Å²) in [4.78, 5) is 62.0. The van der Waals surface area contributed by atoms with Gasteiger partial charge in [0.2, 0.25) is 6.10 Å². The summed E-state index contributed by atoms with van der Waals surface area (Å²) in [6, 6.07) is 1.00. The van der Waals surface area contributed by atoms with Crippen LogP contribution in [0.3, 0.4) is 0 Å². The predicted octanol–water partition coefficient (Wildman–Crippen LogP) is 2.17. The zero-order valence-corrected chi connectivity index (χ0v) is 20.8. The molecule has 0 radical (unpaired) electrons. The summed E-state index contributed by atoms with van der Waals surface area (Å²) in [5.41, 5.74) is -1.75. The standard InChI is InChI=1S/C24H31FN2O10/c1-3-14(4-2)20(29)34-13-27-16(28)10-11-26(22(27)31)19-17-18(36-23(32)35-17)24(25,37-19)12-33-21(30)15-8-6-5-7-9-15/h10-11,14-15,17-19H,3-9,12-13H2,1-2H3/t17-,18+,19-,24-/m1/s1. The van der Waals surface area contributed by atoms with Gasteiger partial charge in [0.15, 0.2) is 25.7 Å². The van der Waals surface area contributed by atoms with E-state index in [0.717, 1.165) is 36.1 Å². The second-order valence-corrected chi connectivity index (χ2v) is 9.49. The van der Waals surface area contributed by atoms with Crippen molar-refractivity contribution in [2.75, 3.05) is 6.61 Å². The van der Waals surface area contributed by atoms with E-state index in [0.29, 0.717) is 30.3 Å². The van der Waals surface area contributed by atoms with Crippen LogP contribution in [0.2, 0.25) is 0 Å². The molecule has 12 nitrogen and oxygen atoms in total. The first-order chi connectivity index (χ1) is 17.7. The maximum atomic E-state index is 15.9. The van der Waals surface area contributed by atoms with Gasteiger partial charge in [-0.2, -0.15) is 0 Å². The largest absolute Gasteiger partial charge is 0.509 e. The monoisotopic (exact) mass is 526 g/mol. The molecule has 4 atom stereocenters. The van der Waals surface area contributed by atoms with Crippen molar-refractivity contribution < 1.29 is 42.5 Å². The minimum atomic E-state index is -2.80. The Bertz CT molecular complexity index is 1140. The average Bonchev–Trinajstić information content (AvgIpc) is 3.40. The van der Waals surface area contributed by atoms with Crippen molar-refractivity contribution in [3.05, 3.63) is 33.1 Å². The maximum Gasteiger partial charge on any atom is 0.509 e. The smallest absolute Gasteiger partial charge is 0.459 e. The van der Waals surface area contributed by atoms with Crippen LogP contribution >= 0.6 is 0 Å². The Balaban J connectivity index is 1.53. The van der Waals surface area contributed by atoms with Gasteiger partial charge in [-0.1, -0.05) is 33.1 Å². The summed E-state index contributed by atoms with van der Waals surface area (Å²) in [6.07, 6.45) is 0.425. The van der Waals surface area contributed by atoms with Crippen LogP contribution in [0.4, 0.5) is 9.18 Å². The molecule has 1 aliphatic carbocycles. The highest BCUT2D eigenvalue weighted by atomic mass is 19.2. The van der Waals surface area contributed by atoms with Crippen LogP contribution in [0.15, 0.2) is 21.9 Å². The van der Waals surface area contributed by atoms with Crippen LogP contribution in [0.25, 0.3) is 0 Å². The number of rotatable bonds is 9. The average molecular weight is 527 g/mol. The van der Waals surface area contributed by atoms with Crippen LogP contribution in [-0.4, -0.2) is 51.9 Å². The van der Waals surface area contributed by atoms with Gasteiger partial charge in [-0.15, -0.1) is 0 Å². The Labute approximate surface area is 211 Å². The number of carbonyl (C=O) groups excluding carboxylic acids is 3. The third-order valence-corrected chi connectivity index (χ3v) is 7.15. The molecule has 0 spiro atoms. The van der Waals surface area contributed by atoms with Crippen molar-refractivity contribution >= 4 is 18.1 Å². The molecular formula is C24H31FN2O10. The van der Waals surface area contributed by atoms with Gasteiger partial charge in [-0.25, -0.2) is 18.5 Å². The Hall–Kier alpha value is -3.22. The first-order valence-corrected chi connectivity index (χ1v) is 12.6. The summed E-state index contributed by atoms with van der Waals surface area (Å²) in [6.45, 7) is 2.08.